The van der Waals surface area contributed by atoms with E-state index in [1.165, 1.54) is 32.4 Å². The molecule has 1 saturated carbocycles. The Balaban J connectivity index is 1.12. The summed E-state index contributed by atoms with van der Waals surface area (Å²) < 4.78 is 0. The number of carbonyl (C=O) groups is 2. The van der Waals surface area contributed by atoms with Crippen molar-refractivity contribution in [1.29, 1.82) is 0 Å². The summed E-state index contributed by atoms with van der Waals surface area (Å²) in [5.74, 6) is 1.19. The van der Waals surface area contributed by atoms with Crippen molar-refractivity contribution in [1.82, 2.24) is 25.8 Å². The van der Waals surface area contributed by atoms with Gasteiger partial charge in [0.1, 0.15) is 5.82 Å². The quantitative estimate of drug-likeness (QED) is 0.589. The van der Waals surface area contributed by atoms with Gasteiger partial charge >= 0.3 is 0 Å². The van der Waals surface area contributed by atoms with Gasteiger partial charge in [0.05, 0.1) is 11.9 Å². The van der Waals surface area contributed by atoms with Crippen LogP contribution in [0.3, 0.4) is 0 Å². The lowest BCUT2D eigenvalue weighted by Crippen LogP contribution is -2.65. The zero-order valence-corrected chi connectivity index (χ0v) is 19.4. The number of rotatable bonds is 6. The number of amides is 2. The van der Waals surface area contributed by atoms with Gasteiger partial charge in [-0.2, -0.15) is 0 Å². The Labute approximate surface area is 184 Å². The van der Waals surface area contributed by atoms with Gasteiger partial charge in [0.15, 0.2) is 0 Å². The van der Waals surface area contributed by atoms with Gasteiger partial charge in [-0.25, -0.2) is 0 Å². The first-order chi connectivity index (χ1) is 14.2. The standard InChI is InChI=1S/C22H37N5O2S/c1-21(2,3)25-18(28)11-27-14-22(15-27)9-16(10-22)20(29)24-17-13-30-19(23-17)12-26-7-5-4-6-8-26/h13,16,19,23H,4-12,14-15H2,1-3H3,(H,24,29)(H,25,28). The third-order valence-electron chi connectivity index (χ3n) is 6.53. The van der Waals surface area contributed by atoms with Crippen LogP contribution in [0.5, 0.6) is 0 Å². The van der Waals surface area contributed by atoms with E-state index < -0.39 is 0 Å². The Morgan fingerprint density at radius 2 is 1.87 bits per heavy atom. The first-order valence-corrected chi connectivity index (χ1v) is 12.3. The topological polar surface area (TPSA) is 76.7 Å². The van der Waals surface area contributed by atoms with Gasteiger partial charge in [0.2, 0.25) is 11.8 Å². The molecule has 0 bridgehead atoms. The molecule has 7 nitrogen and oxygen atoms in total. The minimum absolute atomic E-state index is 0.0850. The lowest BCUT2D eigenvalue weighted by Gasteiger charge is -2.58. The molecular weight excluding hydrogens is 398 g/mol. The van der Waals surface area contributed by atoms with E-state index in [-0.39, 0.29) is 28.7 Å². The highest BCUT2D eigenvalue weighted by Gasteiger charge is 2.54. The Bertz CT molecular complexity index is 684. The molecule has 3 fully saturated rings. The highest BCUT2D eigenvalue weighted by atomic mass is 32.2. The summed E-state index contributed by atoms with van der Waals surface area (Å²) >= 11 is 1.77. The summed E-state index contributed by atoms with van der Waals surface area (Å²) in [5, 5.41) is 12.0. The van der Waals surface area contributed by atoms with Gasteiger partial charge in [-0.05, 0) is 65.0 Å². The van der Waals surface area contributed by atoms with Crippen LogP contribution in [0.2, 0.25) is 0 Å². The molecular formula is C22H37N5O2S. The van der Waals surface area contributed by atoms with Gasteiger partial charge in [-0.3, -0.25) is 14.5 Å². The molecule has 1 unspecified atom stereocenters. The van der Waals surface area contributed by atoms with E-state index in [0.29, 0.717) is 11.9 Å². The second-order valence-electron chi connectivity index (χ2n) is 10.7. The monoisotopic (exact) mass is 435 g/mol. The Kier molecular flexibility index (Phi) is 6.38. The molecule has 1 spiro atoms. The van der Waals surface area contributed by atoms with E-state index in [0.717, 1.165) is 38.3 Å². The van der Waals surface area contributed by atoms with Crippen LogP contribution in [0.1, 0.15) is 52.9 Å². The molecule has 3 heterocycles. The summed E-state index contributed by atoms with van der Waals surface area (Å²) in [6, 6.07) is 0. The first kappa shape index (κ1) is 22.0. The number of piperidine rings is 1. The predicted molar refractivity (Wildman–Crippen MR) is 121 cm³/mol. The second-order valence-corrected chi connectivity index (χ2v) is 11.8. The zero-order valence-electron chi connectivity index (χ0n) is 18.6. The fourth-order valence-electron chi connectivity index (χ4n) is 5.26. The van der Waals surface area contributed by atoms with Crippen molar-refractivity contribution in [2.75, 3.05) is 39.3 Å². The molecule has 168 valence electrons. The molecule has 3 N–H and O–H groups in total. The fourth-order valence-corrected chi connectivity index (χ4v) is 6.18. The van der Waals surface area contributed by atoms with Crippen molar-refractivity contribution in [2.45, 2.75) is 63.8 Å². The Hall–Kier alpha value is -1.25. The van der Waals surface area contributed by atoms with Crippen LogP contribution >= 0.6 is 11.8 Å². The van der Waals surface area contributed by atoms with Crippen LogP contribution in [0.4, 0.5) is 0 Å². The predicted octanol–water partition coefficient (Wildman–Crippen LogP) is 1.68. The van der Waals surface area contributed by atoms with Crippen molar-refractivity contribution in [3.05, 3.63) is 11.2 Å². The molecule has 8 heteroatoms. The number of hydrogen-bond acceptors (Lipinski definition) is 6. The summed E-state index contributed by atoms with van der Waals surface area (Å²) in [5.41, 5.74) is 0.0698. The zero-order chi connectivity index (χ0) is 21.4. The van der Waals surface area contributed by atoms with Crippen molar-refractivity contribution >= 4 is 23.6 Å². The third-order valence-corrected chi connectivity index (χ3v) is 7.49. The van der Waals surface area contributed by atoms with Crippen LogP contribution in [-0.2, 0) is 9.59 Å². The fraction of sp³-hybridized carbons (Fsp3) is 0.818. The van der Waals surface area contributed by atoms with E-state index in [9.17, 15) is 9.59 Å². The summed E-state index contributed by atoms with van der Waals surface area (Å²) in [4.78, 5) is 29.4. The molecule has 4 aliphatic rings. The lowest BCUT2D eigenvalue weighted by molar-refractivity contribution is -0.147. The molecule has 2 amide bonds. The largest absolute Gasteiger partial charge is 0.358 e. The summed E-state index contributed by atoms with van der Waals surface area (Å²) in [7, 11) is 0. The molecule has 0 aromatic rings. The molecule has 1 aliphatic carbocycles. The van der Waals surface area contributed by atoms with E-state index in [4.69, 9.17) is 0 Å². The molecule has 0 radical (unpaired) electrons. The van der Waals surface area contributed by atoms with Crippen molar-refractivity contribution in [3.63, 3.8) is 0 Å². The van der Waals surface area contributed by atoms with E-state index >= 15 is 0 Å². The SMILES string of the molecule is CC(C)(C)NC(=O)CN1CC2(CC(C(=O)NC3=CSC(CN4CCCCC4)N3)C2)C1. The highest BCUT2D eigenvalue weighted by molar-refractivity contribution is 8.03. The normalized spacial score (nSPS) is 27.0. The number of hydrogen-bond donors (Lipinski definition) is 3. The van der Waals surface area contributed by atoms with Crippen LogP contribution in [0.15, 0.2) is 11.2 Å². The average Bonchev–Trinajstić information content (AvgIpc) is 3.01. The van der Waals surface area contributed by atoms with Crippen molar-refractivity contribution in [2.24, 2.45) is 11.3 Å². The van der Waals surface area contributed by atoms with Crippen LogP contribution in [-0.4, -0.2) is 71.8 Å². The number of nitrogens with one attached hydrogen (secondary N) is 3. The minimum atomic E-state index is -0.187. The van der Waals surface area contributed by atoms with Crippen LogP contribution in [0.25, 0.3) is 0 Å². The van der Waals surface area contributed by atoms with E-state index in [1.54, 1.807) is 11.8 Å². The van der Waals surface area contributed by atoms with E-state index in [1.807, 2.05) is 20.8 Å². The van der Waals surface area contributed by atoms with Crippen LogP contribution < -0.4 is 16.0 Å². The molecule has 0 aromatic heterocycles. The maximum atomic E-state index is 12.6. The maximum Gasteiger partial charge on any atom is 0.234 e. The Morgan fingerprint density at radius 3 is 2.53 bits per heavy atom. The van der Waals surface area contributed by atoms with Gasteiger partial charge in [-0.15, -0.1) is 11.8 Å². The second kappa shape index (κ2) is 8.71. The molecule has 1 atom stereocenters. The molecule has 30 heavy (non-hydrogen) atoms. The lowest BCUT2D eigenvalue weighted by atomic mass is 9.57. The molecule has 3 aliphatic heterocycles. The first-order valence-electron chi connectivity index (χ1n) is 11.4. The average molecular weight is 436 g/mol. The molecule has 2 saturated heterocycles. The van der Waals surface area contributed by atoms with Crippen molar-refractivity contribution in [3.8, 4) is 0 Å². The van der Waals surface area contributed by atoms with Gasteiger partial charge in [-0.1, -0.05) is 6.42 Å². The summed E-state index contributed by atoms with van der Waals surface area (Å²) in [6.07, 6.45) is 5.83. The molecule has 0 aromatic carbocycles. The minimum Gasteiger partial charge on any atom is -0.358 e. The number of nitrogens with zero attached hydrogens (tertiary/aromatic N) is 2. The third kappa shape index (κ3) is 5.51. The summed E-state index contributed by atoms with van der Waals surface area (Å²) in [6.45, 7) is 11.8. The highest BCUT2D eigenvalue weighted by Crippen LogP contribution is 2.51. The smallest absolute Gasteiger partial charge is 0.234 e. The number of thioether (sulfide) groups is 1. The van der Waals surface area contributed by atoms with Crippen molar-refractivity contribution < 1.29 is 9.59 Å². The number of carbonyl (C=O) groups excluding carboxylic acids is 2. The number of likely N-dealkylation sites (tertiary alicyclic amines) is 2. The van der Waals surface area contributed by atoms with Gasteiger partial charge in [0.25, 0.3) is 0 Å². The molecule has 4 rings (SSSR count). The van der Waals surface area contributed by atoms with Gasteiger partial charge in [0, 0.05) is 36.5 Å². The van der Waals surface area contributed by atoms with E-state index in [2.05, 4.69) is 31.2 Å². The Morgan fingerprint density at radius 1 is 1.17 bits per heavy atom. The maximum absolute atomic E-state index is 12.6. The van der Waals surface area contributed by atoms with Crippen LogP contribution in [0, 0.1) is 11.3 Å². The van der Waals surface area contributed by atoms with Gasteiger partial charge < -0.3 is 20.9 Å².